The number of rotatable bonds is 8. The third-order valence-corrected chi connectivity index (χ3v) is 3.65. The van der Waals surface area contributed by atoms with Gasteiger partial charge < -0.3 is 24.8 Å². The molecular formula is C19H24N2O4. The van der Waals surface area contributed by atoms with Crippen LogP contribution in [0.15, 0.2) is 48.5 Å². The van der Waals surface area contributed by atoms with Crippen molar-refractivity contribution in [2.24, 2.45) is 0 Å². The Morgan fingerprint density at radius 3 is 2.40 bits per heavy atom. The molecule has 0 radical (unpaired) electrons. The van der Waals surface area contributed by atoms with Crippen LogP contribution in [-0.2, 0) is 4.74 Å². The molecule has 2 aromatic rings. The summed E-state index contributed by atoms with van der Waals surface area (Å²) in [6.45, 7) is 2.73. The van der Waals surface area contributed by atoms with Crippen LogP contribution >= 0.6 is 0 Å². The summed E-state index contributed by atoms with van der Waals surface area (Å²) in [7, 11) is 3.21. The van der Waals surface area contributed by atoms with Gasteiger partial charge in [-0.1, -0.05) is 30.3 Å². The normalized spacial score (nSPS) is 11.5. The van der Waals surface area contributed by atoms with Crippen LogP contribution in [0.1, 0.15) is 18.6 Å². The van der Waals surface area contributed by atoms with Gasteiger partial charge in [-0.05, 0) is 25.1 Å². The monoisotopic (exact) mass is 344 g/mol. The average Bonchev–Trinajstić information content (AvgIpc) is 2.64. The number of nitrogens with one attached hydrogen (secondary N) is 2. The van der Waals surface area contributed by atoms with Gasteiger partial charge >= 0.3 is 6.03 Å². The summed E-state index contributed by atoms with van der Waals surface area (Å²) in [5, 5.41) is 5.61. The minimum absolute atomic E-state index is 0.305. The zero-order valence-electron chi connectivity index (χ0n) is 14.7. The Morgan fingerprint density at radius 1 is 1.04 bits per heavy atom. The van der Waals surface area contributed by atoms with E-state index >= 15 is 0 Å². The van der Waals surface area contributed by atoms with Crippen molar-refractivity contribution in [2.45, 2.75) is 13.0 Å². The molecule has 0 bridgehead atoms. The number of urea groups is 1. The van der Waals surface area contributed by atoms with E-state index in [0.29, 0.717) is 24.6 Å². The van der Waals surface area contributed by atoms with Gasteiger partial charge in [-0.25, -0.2) is 4.79 Å². The zero-order valence-corrected chi connectivity index (χ0v) is 14.7. The van der Waals surface area contributed by atoms with Crippen LogP contribution in [0.3, 0.4) is 0 Å². The number of carbonyl (C=O) groups excluding carboxylic acids is 1. The van der Waals surface area contributed by atoms with E-state index in [-0.39, 0.29) is 12.1 Å². The van der Waals surface area contributed by atoms with Crippen molar-refractivity contribution >= 4 is 11.7 Å². The van der Waals surface area contributed by atoms with Gasteiger partial charge in [-0.3, -0.25) is 0 Å². The molecule has 2 N–H and O–H groups in total. The van der Waals surface area contributed by atoms with Crippen molar-refractivity contribution in [1.29, 1.82) is 0 Å². The molecule has 134 valence electrons. The standard InChI is InChI=1S/C19H24N2O4/c1-4-25-17-12-8-6-10-15(17)21-19(22)20-13-18(24-3)14-9-5-7-11-16(14)23-2/h5-12,18H,4,13H2,1-3H3,(H2,20,21,22)/t18-/m0/s1. The summed E-state index contributed by atoms with van der Waals surface area (Å²) in [4.78, 5) is 12.2. The molecule has 25 heavy (non-hydrogen) atoms. The van der Waals surface area contributed by atoms with E-state index in [0.717, 1.165) is 11.3 Å². The zero-order chi connectivity index (χ0) is 18.1. The van der Waals surface area contributed by atoms with Crippen molar-refractivity contribution in [3.63, 3.8) is 0 Å². The summed E-state index contributed by atoms with van der Waals surface area (Å²) in [5.41, 5.74) is 1.50. The van der Waals surface area contributed by atoms with Crippen molar-refractivity contribution in [3.8, 4) is 11.5 Å². The van der Waals surface area contributed by atoms with Crippen molar-refractivity contribution in [3.05, 3.63) is 54.1 Å². The second kappa shape index (κ2) is 9.54. The molecular weight excluding hydrogens is 320 g/mol. The first-order valence-electron chi connectivity index (χ1n) is 8.12. The molecule has 0 aliphatic heterocycles. The molecule has 0 spiro atoms. The van der Waals surface area contributed by atoms with E-state index in [4.69, 9.17) is 14.2 Å². The number of ether oxygens (including phenoxy) is 3. The predicted molar refractivity (Wildman–Crippen MR) is 97.4 cm³/mol. The molecule has 0 fully saturated rings. The van der Waals surface area contributed by atoms with E-state index in [2.05, 4.69) is 10.6 Å². The summed E-state index contributed by atoms with van der Waals surface area (Å²) in [5.74, 6) is 1.35. The van der Waals surface area contributed by atoms with Crippen molar-refractivity contribution in [1.82, 2.24) is 5.32 Å². The van der Waals surface area contributed by atoms with Crippen molar-refractivity contribution in [2.75, 3.05) is 32.7 Å². The van der Waals surface area contributed by atoms with Crippen LogP contribution in [0.4, 0.5) is 10.5 Å². The van der Waals surface area contributed by atoms with E-state index in [1.807, 2.05) is 49.4 Å². The summed E-state index contributed by atoms with van der Waals surface area (Å²) in [6, 6.07) is 14.5. The molecule has 2 aromatic carbocycles. The Kier molecular flexibility index (Phi) is 7.10. The highest BCUT2D eigenvalue weighted by Gasteiger charge is 2.16. The highest BCUT2D eigenvalue weighted by Crippen LogP contribution is 2.27. The van der Waals surface area contributed by atoms with Crippen LogP contribution in [-0.4, -0.2) is 33.4 Å². The summed E-state index contributed by atoms with van der Waals surface area (Å²) >= 11 is 0. The number of hydrogen-bond acceptors (Lipinski definition) is 4. The maximum Gasteiger partial charge on any atom is 0.319 e. The Bertz CT molecular complexity index is 691. The van der Waals surface area contributed by atoms with Gasteiger partial charge in [0.15, 0.2) is 0 Å². The number of methoxy groups -OCH3 is 2. The van der Waals surface area contributed by atoms with Crippen molar-refractivity contribution < 1.29 is 19.0 Å². The first-order chi connectivity index (χ1) is 12.2. The Labute approximate surface area is 148 Å². The number of carbonyl (C=O) groups is 1. The fourth-order valence-electron chi connectivity index (χ4n) is 2.46. The van der Waals surface area contributed by atoms with E-state index in [1.165, 1.54) is 0 Å². The molecule has 2 amide bonds. The molecule has 2 rings (SSSR count). The van der Waals surface area contributed by atoms with Gasteiger partial charge in [0.05, 0.1) is 19.4 Å². The number of amides is 2. The Morgan fingerprint density at radius 2 is 1.72 bits per heavy atom. The van der Waals surface area contributed by atoms with Gasteiger partial charge in [-0.15, -0.1) is 0 Å². The lowest BCUT2D eigenvalue weighted by molar-refractivity contribution is 0.102. The maximum atomic E-state index is 12.2. The smallest absolute Gasteiger partial charge is 0.319 e. The molecule has 6 nitrogen and oxygen atoms in total. The molecule has 1 atom stereocenters. The van der Waals surface area contributed by atoms with Crippen LogP contribution in [0.25, 0.3) is 0 Å². The summed E-state index contributed by atoms with van der Waals surface area (Å²) in [6.07, 6.45) is -0.316. The number of anilines is 1. The first-order valence-corrected chi connectivity index (χ1v) is 8.12. The lowest BCUT2D eigenvalue weighted by Crippen LogP contribution is -2.33. The number of para-hydroxylation sites is 3. The van der Waals surface area contributed by atoms with E-state index in [1.54, 1.807) is 20.3 Å². The minimum atomic E-state index is -0.330. The van der Waals surface area contributed by atoms with Crippen LogP contribution in [0.5, 0.6) is 11.5 Å². The molecule has 0 saturated carbocycles. The van der Waals surface area contributed by atoms with E-state index in [9.17, 15) is 4.79 Å². The SMILES string of the molecule is CCOc1ccccc1NC(=O)NC[C@H](OC)c1ccccc1OC. The van der Waals surface area contributed by atoms with E-state index < -0.39 is 0 Å². The molecule has 6 heteroatoms. The first kappa shape index (κ1) is 18.6. The summed E-state index contributed by atoms with van der Waals surface area (Å²) < 4.78 is 16.3. The van der Waals surface area contributed by atoms with Crippen LogP contribution in [0.2, 0.25) is 0 Å². The molecule has 0 aliphatic carbocycles. The number of hydrogen-bond donors (Lipinski definition) is 2. The Hall–Kier alpha value is -2.73. The lowest BCUT2D eigenvalue weighted by atomic mass is 10.1. The molecule has 0 unspecified atom stereocenters. The molecule has 0 heterocycles. The predicted octanol–water partition coefficient (Wildman–Crippen LogP) is 3.60. The third kappa shape index (κ3) is 5.12. The van der Waals surface area contributed by atoms with Gasteiger partial charge in [0.1, 0.15) is 17.6 Å². The Balaban J connectivity index is 1.99. The fraction of sp³-hybridized carbons (Fsp3) is 0.316. The maximum absolute atomic E-state index is 12.2. The average molecular weight is 344 g/mol. The minimum Gasteiger partial charge on any atom is -0.496 e. The van der Waals surface area contributed by atoms with Gasteiger partial charge in [0.25, 0.3) is 0 Å². The van der Waals surface area contributed by atoms with Gasteiger partial charge in [-0.2, -0.15) is 0 Å². The van der Waals surface area contributed by atoms with Crippen LogP contribution < -0.4 is 20.1 Å². The molecule has 0 saturated heterocycles. The quantitative estimate of drug-likeness (QED) is 0.768. The highest BCUT2D eigenvalue weighted by molar-refractivity contribution is 5.90. The topological polar surface area (TPSA) is 68.8 Å². The second-order valence-corrected chi connectivity index (χ2v) is 5.23. The fourth-order valence-corrected chi connectivity index (χ4v) is 2.46. The third-order valence-electron chi connectivity index (χ3n) is 3.65. The van der Waals surface area contributed by atoms with Gasteiger partial charge in [0.2, 0.25) is 0 Å². The molecule has 0 aliphatic rings. The number of benzene rings is 2. The molecule has 0 aromatic heterocycles. The highest BCUT2D eigenvalue weighted by atomic mass is 16.5. The lowest BCUT2D eigenvalue weighted by Gasteiger charge is -2.19. The van der Waals surface area contributed by atoms with Gasteiger partial charge in [0, 0.05) is 19.2 Å². The largest absolute Gasteiger partial charge is 0.496 e. The van der Waals surface area contributed by atoms with Crippen LogP contribution in [0, 0.1) is 0 Å². The second-order valence-electron chi connectivity index (χ2n) is 5.23.